The van der Waals surface area contributed by atoms with E-state index in [1.54, 1.807) is 4.90 Å². The smallest absolute Gasteiger partial charge is 0.351 e. The van der Waals surface area contributed by atoms with Gasteiger partial charge >= 0.3 is 6.18 Å². The molecule has 1 aromatic carbocycles. The van der Waals surface area contributed by atoms with Gasteiger partial charge in [0.15, 0.2) is 0 Å². The average molecular weight is 440 g/mol. The number of halogens is 3. The van der Waals surface area contributed by atoms with Gasteiger partial charge in [-0.2, -0.15) is 13.2 Å². The number of nitrogens with one attached hydrogen (secondary N) is 2. The molecule has 10 heteroatoms. The van der Waals surface area contributed by atoms with Crippen LogP contribution in [0.3, 0.4) is 0 Å². The first-order chi connectivity index (χ1) is 14.6. The fraction of sp³-hybridized carbons (Fsp3) is 0.571. The summed E-state index contributed by atoms with van der Waals surface area (Å²) in [6.07, 6.45) is -0.931. The van der Waals surface area contributed by atoms with E-state index in [0.29, 0.717) is 32.4 Å². The summed E-state index contributed by atoms with van der Waals surface area (Å²) < 4.78 is 38.4. The Hall–Kier alpha value is -2.62. The maximum Gasteiger partial charge on any atom is 0.416 e. The molecule has 1 saturated heterocycles. The topological polar surface area (TPSA) is 105 Å². The summed E-state index contributed by atoms with van der Waals surface area (Å²) in [4.78, 5) is 39.2. The van der Waals surface area contributed by atoms with Crippen molar-refractivity contribution in [2.24, 2.45) is 11.7 Å². The Balaban J connectivity index is 1.56. The molecule has 2 fully saturated rings. The molecule has 2 aliphatic rings. The Kier molecular flexibility index (Phi) is 7.19. The highest BCUT2D eigenvalue weighted by atomic mass is 19.4. The van der Waals surface area contributed by atoms with Crippen LogP contribution in [-0.2, 0) is 15.8 Å². The Labute approximate surface area is 178 Å². The third-order valence-corrected chi connectivity index (χ3v) is 5.83. The summed E-state index contributed by atoms with van der Waals surface area (Å²) in [6, 6.07) is 3.50. The number of likely N-dealkylation sites (tertiary alicyclic amines) is 1. The molecule has 1 heterocycles. The van der Waals surface area contributed by atoms with Crippen LogP contribution in [0.2, 0.25) is 0 Å². The lowest BCUT2D eigenvalue weighted by Gasteiger charge is -2.36. The predicted octanol–water partition coefficient (Wildman–Crippen LogP) is 1.67. The molecular weight excluding hydrogens is 413 g/mol. The molecule has 0 unspecified atom stereocenters. The van der Waals surface area contributed by atoms with Crippen molar-refractivity contribution in [3.05, 3.63) is 35.4 Å². The highest BCUT2D eigenvalue weighted by Crippen LogP contribution is 2.29. The van der Waals surface area contributed by atoms with E-state index in [2.05, 4.69) is 10.6 Å². The van der Waals surface area contributed by atoms with Crippen molar-refractivity contribution in [1.82, 2.24) is 15.5 Å². The Morgan fingerprint density at radius 1 is 1.13 bits per heavy atom. The molecule has 0 radical (unpaired) electrons. The molecule has 3 amide bonds. The van der Waals surface area contributed by atoms with Gasteiger partial charge in [-0.3, -0.25) is 14.4 Å². The van der Waals surface area contributed by atoms with Crippen molar-refractivity contribution < 1.29 is 27.6 Å². The molecule has 1 aliphatic carbocycles. The fourth-order valence-electron chi connectivity index (χ4n) is 4.18. The maximum absolute atomic E-state index is 12.9. The highest BCUT2D eigenvalue weighted by molar-refractivity contribution is 5.96. The number of hydrogen-bond donors (Lipinski definition) is 3. The molecule has 0 bridgehead atoms. The summed E-state index contributed by atoms with van der Waals surface area (Å²) in [5, 5.41) is 5.14. The molecule has 3 rings (SSSR count). The maximum atomic E-state index is 12.9. The quantitative estimate of drug-likeness (QED) is 0.648. The predicted molar refractivity (Wildman–Crippen MR) is 107 cm³/mol. The van der Waals surface area contributed by atoms with Gasteiger partial charge in [-0.05, 0) is 50.3 Å². The summed E-state index contributed by atoms with van der Waals surface area (Å²) in [5.41, 5.74) is 4.91. The van der Waals surface area contributed by atoms with Crippen molar-refractivity contribution in [1.29, 1.82) is 0 Å². The van der Waals surface area contributed by atoms with Gasteiger partial charge in [0.1, 0.15) is 0 Å². The van der Waals surface area contributed by atoms with E-state index >= 15 is 0 Å². The van der Waals surface area contributed by atoms with Gasteiger partial charge in [0.2, 0.25) is 11.8 Å². The molecule has 4 N–H and O–H groups in total. The molecule has 3 atom stereocenters. The number of nitrogens with zero attached hydrogens (tertiary/aromatic N) is 1. The van der Waals surface area contributed by atoms with Crippen molar-refractivity contribution in [3.63, 3.8) is 0 Å². The van der Waals surface area contributed by atoms with Crippen LogP contribution < -0.4 is 16.4 Å². The third kappa shape index (κ3) is 5.96. The Morgan fingerprint density at radius 3 is 2.52 bits per heavy atom. The lowest BCUT2D eigenvalue weighted by molar-refractivity contribution is -0.138. The molecule has 7 nitrogen and oxygen atoms in total. The van der Waals surface area contributed by atoms with Gasteiger partial charge in [-0.25, -0.2) is 0 Å². The van der Waals surface area contributed by atoms with Gasteiger partial charge in [-0.15, -0.1) is 0 Å². The van der Waals surface area contributed by atoms with Crippen LogP contribution in [0.1, 0.15) is 48.0 Å². The van der Waals surface area contributed by atoms with Gasteiger partial charge in [-0.1, -0.05) is 6.07 Å². The lowest BCUT2D eigenvalue weighted by atomic mass is 9.81. The number of carbonyl (C=O) groups is 3. The zero-order chi connectivity index (χ0) is 22.6. The number of benzene rings is 1. The fourth-order valence-corrected chi connectivity index (χ4v) is 4.18. The standard InChI is InChI=1S/C21H27F3N4O3/c22-21(23,24)14-5-3-4-13(10-14)19(30)26-12-18(29)27-17-7-6-15(25)11-16(17)20(31)28-8-1-2-9-28/h3-5,10,15-17H,1-2,6-9,11-12,25H2,(H,26,30)(H,27,29)/t15-,16+,17+/m1/s1. The number of alkyl halides is 3. The summed E-state index contributed by atoms with van der Waals surface area (Å²) >= 11 is 0. The zero-order valence-electron chi connectivity index (χ0n) is 17.1. The average Bonchev–Trinajstić information content (AvgIpc) is 3.27. The first kappa shape index (κ1) is 23.1. The second-order valence-corrected chi connectivity index (χ2v) is 8.15. The van der Waals surface area contributed by atoms with E-state index in [9.17, 15) is 27.6 Å². The van der Waals surface area contributed by atoms with Crippen LogP contribution in [0.4, 0.5) is 13.2 Å². The SMILES string of the molecule is N[C@@H]1CC[C@H](NC(=O)CNC(=O)c2cccc(C(F)(F)F)c2)[C@@H](C(=O)N2CCCC2)C1. The molecule has 31 heavy (non-hydrogen) atoms. The van der Waals surface area contributed by atoms with E-state index in [1.807, 2.05) is 0 Å². The van der Waals surface area contributed by atoms with Gasteiger partial charge in [0.25, 0.3) is 5.91 Å². The van der Waals surface area contributed by atoms with Crippen molar-refractivity contribution in [2.45, 2.75) is 50.4 Å². The van der Waals surface area contributed by atoms with E-state index in [0.717, 1.165) is 31.0 Å². The minimum Gasteiger partial charge on any atom is -0.351 e. The third-order valence-electron chi connectivity index (χ3n) is 5.83. The van der Waals surface area contributed by atoms with Gasteiger partial charge in [0, 0.05) is 30.7 Å². The van der Waals surface area contributed by atoms with Crippen molar-refractivity contribution >= 4 is 17.7 Å². The van der Waals surface area contributed by atoms with Crippen LogP contribution in [0.5, 0.6) is 0 Å². The molecule has 0 spiro atoms. The van der Waals surface area contributed by atoms with Gasteiger partial charge in [0.05, 0.1) is 18.0 Å². The number of nitrogens with two attached hydrogens (primary N) is 1. The normalized spacial score (nSPS) is 24.0. The second kappa shape index (κ2) is 9.67. The summed E-state index contributed by atoms with van der Waals surface area (Å²) in [6.45, 7) is 1.01. The number of hydrogen-bond acceptors (Lipinski definition) is 4. The minimum absolute atomic E-state index is 0.00838. The number of rotatable bonds is 5. The summed E-state index contributed by atoms with van der Waals surface area (Å²) in [7, 11) is 0. The first-order valence-electron chi connectivity index (χ1n) is 10.4. The second-order valence-electron chi connectivity index (χ2n) is 8.15. The molecule has 1 saturated carbocycles. The van der Waals surface area contributed by atoms with Crippen molar-refractivity contribution in [3.8, 4) is 0 Å². The largest absolute Gasteiger partial charge is 0.416 e. The molecule has 1 aromatic rings. The van der Waals surface area contributed by atoms with E-state index in [1.165, 1.54) is 6.07 Å². The van der Waals surface area contributed by atoms with Crippen molar-refractivity contribution in [2.75, 3.05) is 19.6 Å². The summed E-state index contributed by atoms with van der Waals surface area (Å²) in [5.74, 6) is -1.70. The van der Waals surface area contributed by atoms with E-state index in [-0.39, 0.29) is 23.6 Å². The number of carbonyl (C=O) groups excluding carboxylic acids is 3. The monoisotopic (exact) mass is 440 g/mol. The highest BCUT2D eigenvalue weighted by Gasteiger charge is 2.38. The van der Waals surface area contributed by atoms with Crippen LogP contribution in [0, 0.1) is 5.92 Å². The molecule has 0 aromatic heterocycles. The van der Waals surface area contributed by atoms with Gasteiger partial charge < -0.3 is 21.3 Å². The lowest BCUT2D eigenvalue weighted by Crippen LogP contribution is -2.53. The van der Waals surface area contributed by atoms with Crippen LogP contribution in [-0.4, -0.2) is 54.3 Å². The first-order valence-corrected chi connectivity index (χ1v) is 10.4. The van der Waals surface area contributed by atoms with Crippen LogP contribution >= 0.6 is 0 Å². The van der Waals surface area contributed by atoms with Crippen LogP contribution in [0.25, 0.3) is 0 Å². The van der Waals surface area contributed by atoms with E-state index < -0.39 is 36.0 Å². The Bertz CT molecular complexity index is 824. The van der Waals surface area contributed by atoms with E-state index in [4.69, 9.17) is 5.73 Å². The van der Waals surface area contributed by atoms with Crippen LogP contribution in [0.15, 0.2) is 24.3 Å². The number of amides is 3. The zero-order valence-corrected chi connectivity index (χ0v) is 17.1. The minimum atomic E-state index is -4.56. The molecule has 170 valence electrons. The molecular formula is C21H27F3N4O3. The molecule has 1 aliphatic heterocycles. The Morgan fingerprint density at radius 2 is 1.84 bits per heavy atom.